The van der Waals surface area contributed by atoms with Crippen LogP contribution in [0.2, 0.25) is 51.4 Å². The van der Waals surface area contributed by atoms with E-state index < -0.39 is 23.3 Å². The Bertz CT molecular complexity index is 5860. The first-order valence-corrected chi connectivity index (χ1v) is 49.8. The van der Waals surface area contributed by atoms with E-state index >= 15 is 0 Å². The number of hydrogen-bond donors (Lipinski definition) is 6. The zero-order chi connectivity index (χ0) is 87.3. The Balaban J connectivity index is 0.000000137. The number of anilines is 3. The maximum atomic E-state index is 11.8. The maximum absolute atomic E-state index is 11.8. The largest absolute Gasteiger partial charge is 0.497 e. The number of amides is 3. The van der Waals surface area contributed by atoms with Gasteiger partial charge in [-0.05, 0) is 186 Å². The first-order valence-electron chi connectivity index (χ1n) is 41.6. The van der Waals surface area contributed by atoms with Crippen LogP contribution in [0, 0.1) is 0 Å². The Labute approximate surface area is 734 Å². The van der Waals surface area contributed by atoms with E-state index in [9.17, 15) is 14.4 Å². The van der Waals surface area contributed by atoms with Gasteiger partial charge in [-0.2, -0.15) is 0 Å². The molecule has 0 spiro atoms. The predicted octanol–water partition coefficient (Wildman–Crippen LogP) is 15.5. The Kier molecular flexibility index (Phi) is 27.8. The second-order valence-corrected chi connectivity index (χ2v) is 45.4. The molecule has 0 saturated heterocycles. The van der Waals surface area contributed by atoms with Crippen molar-refractivity contribution in [3.63, 3.8) is 0 Å². The van der Waals surface area contributed by atoms with Crippen molar-refractivity contribution in [2.24, 2.45) is 0 Å². The number of aromatic amines is 1. The molecule has 12 aromatic rings. The van der Waals surface area contributed by atoms with Gasteiger partial charge in [-0.1, -0.05) is 51.4 Å². The highest BCUT2D eigenvalue weighted by Crippen LogP contribution is 2.43. The number of methoxy groups -OCH3 is 3. The van der Waals surface area contributed by atoms with Gasteiger partial charge in [0.1, 0.15) is 110 Å². The van der Waals surface area contributed by atoms with Crippen LogP contribution in [0.15, 0.2) is 176 Å². The molecule has 0 aliphatic carbocycles. The number of pyridine rings is 5. The molecule has 6 N–H and O–H groups in total. The number of nitrogens with one attached hydrogen (secondary N) is 4. The summed E-state index contributed by atoms with van der Waals surface area (Å²) in [6, 6.07) is 40.1. The van der Waals surface area contributed by atoms with Crippen molar-refractivity contribution in [2.75, 3.05) is 70.3 Å². The van der Waals surface area contributed by atoms with E-state index in [1.54, 1.807) is 39.0 Å². The molecule has 18 rings (SSSR count). The third-order valence-corrected chi connectivity index (χ3v) is 25.5. The Morgan fingerprint density at radius 1 is 0.480 bits per heavy atom. The van der Waals surface area contributed by atoms with Crippen LogP contribution in [0.25, 0.3) is 22.5 Å². The molecular formula is C91H100BBrN14O16Si2. The third-order valence-electron chi connectivity index (χ3n) is 21.8. The predicted molar refractivity (Wildman–Crippen MR) is 480 cm³/mol. The summed E-state index contributed by atoms with van der Waals surface area (Å²) in [5.74, 6) is 13.2. The quantitative estimate of drug-likeness (QED) is 0.0229. The summed E-state index contributed by atoms with van der Waals surface area (Å²) < 4.78 is 69.8. The number of H-pyrrole nitrogens is 1. The second-order valence-electron chi connectivity index (χ2n) is 33.4. The lowest BCUT2D eigenvalue weighted by Crippen LogP contribution is -2.29. The molecule has 0 fully saturated rings. The minimum Gasteiger partial charge on any atom is -0.497 e. The van der Waals surface area contributed by atoms with E-state index in [4.69, 9.17) is 72.1 Å². The highest BCUT2D eigenvalue weighted by atomic mass is 79.9. The zero-order valence-corrected chi connectivity index (χ0v) is 74.7. The SMILES string of the molecule is COc1cc(-c2cn(COCC[Si](C)(C)C)c(C3COc4ccc(Oc5ccnc6c5CCC(=O)N6)cc4C3)n2)ccn1.COc1cc(B(O)O)ccn1.COc1cccc(-c2cnc(C3COc4ccc(Oc5ccnc6c5CCC(=O)N6)cc4C3)[nH]2)c1.C[Si](C)(C)CCOCn1cc(Br)nc1C1COc2ccc(Oc3ccnc4c3CCC(=O)N4)cc2C1. The fraction of sp³-hybridized carbons (Fsp3) is 0.330. The maximum Gasteiger partial charge on any atom is 0.488 e. The number of nitrogens with zero attached hydrogens (tertiary/aromatic N) is 10. The third kappa shape index (κ3) is 22.6. The van der Waals surface area contributed by atoms with Crippen LogP contribution >= 0.6 is 15.9 Å². The minimum atomic E-state index is -1.47. The van der Waals surface area contributed by atoms with Crippen molar-refractivity contribution in [1.82, 2.24) is 54.0 Å². The number of ether oxygens (including phenoxy) is 11. The number of benzene rings is 4. The number of imidazole rings is 3. The number of aromatic nitrogens is 11. The van der Waals surface area contributed by atoms with Gasteiger partial charge in [0.05, 0.1) is 76.5 Å². The average Bonchev–Trinajstić information content (AvgIpc) is 1.72. The fourth-order valence-electron chi connectivity index (χ4n) is 15.0. The molecule has 34 heteroatoms. The molecule has 125 heavy (non-hydrogen) atoms. The molecule has 3 amide bonds. The van der Waals surface area contributed by atoms with Gasteiger partial charge >= 0.3 is 7.12 Å². The second kappa shape index (κ2) is 39.7. The zero-order valence-electron chi connectivity index (χ0n) is 71.2. The lowest BCUT2D eigenvalue weighted by atomic mass is 9.81. The van der Waals surface area contributed by atoms with Crippen molar-refractivity contribution in [3.8, 4) is 91.8 Å². The lowest BCUT2D eigenvalue weighted by molar-refractivity contribution is -0.117. The standard InChI is InChI=1S/C32H37N5O5Si.C27H24N4O4.C26H31BrN4O4Si.C6H8BNO3/c1-39-30-17-21(9-11-33-30)26-18-37(20-40-13-14-43(2,3)4)32(35-26)23-15-22-16-24(5-7-27(22)41-19-23)42-28-10-12-34-31-25(28)6-8-29(38)36-31;1-33-19-4-2-3-16(12-19)22-14-29-26(30-22)18-11-17-13-20(5-7-23(17)34-15-18)35-24-9-10-28-27-21(24)6-8-25(32)31-27;1-36(2,3)11-10-33-16-31-14-23(27)29-26(31)18-12-17-13-19(4-6-21(17)34-15-18)35-22-8-9-28-25-20(22)5-7-24(32)30-25;1-11-6-4-5(7(9)10)2-3-8-6/h5,7,9-12,16-18,23H,6,8,13-15,19-20H2,1-4H3,(H,34,36,38);2-5,7,9-10,12-14,18H,6,8,11,15H2,1H3,(H,29,30)(H,28,31,32);4,6,8-9,13-14,18H,5,7,10-12,15-16H2,1-3H3,(H,28,30,32);2-4,9-10H,1H3. The summed E-state index contributed by atoms with van der Waals surface area (Å²) in [4.78, 5) is 74.0. The van der Waals surface area contributed by atoms with Crippen LogP contribution in [-0.4, -0.2) is 159 Å². The molecule has 8 aromatic heterocycles. The molecule has 14 heterocycles. The van der Waals surface area contributed by atoms with Gasteiger partial charge in [-0.15, -0.1) is 0 Å². The number of rotatable bonds is 25. The monoisotopic (exact) mass is 1790 g/mol. The van der Waals surface area contributed by atoms with Crippen molar-refractivity contribution >= 4 is 79.8 Å². The van der Waals surface area contributed by atoms with Crippen LogP contribution in [0.5, 0.6) is 69.3 Å². The fourth-order valence-corrected chi connectivity index (χ4v) is 17.0. The number of carbonyl (C=O) groups excluding carboxylic acids is 3. The van der Waals surface area contributed by atoms with E-state index in [2.05, 4.69) is 115 Å². The van der Waals surface area contributed by atoms with E-state index in [-0.39, 0.29) is 35.5 Å². The minimum absolute atomic E-state index is 0.0180. The Morgan fingerprint density at radius 2 is 0.936 bits per heavy atom. The molecule has 3 atom stereocenters. The normalized spacial score (nSPS) is 15.9. The van der Waals surface area contributed by atoms with Gasteiger partial charge in [0.2, 0.25) is 29.5 Å². The van der Waals surface area contributed by atoms with Gasteiger partial charge in [0.15, 0.2) is 0 Å². The van der Waals surface area contributed by atoms with Crippen LogP contribution in [0.1, 0.15) is 87.9 Å². The molecule has 4 aromatic carbocycles. The van der Waals surface area contributed by atoms with Gasteiger partial charge in [0, 0.05) is 132 Å². The summed E-state index contributed by atoms with van der Waals surface area (Å²) in [7, 11) is 0.930. The van der Waals surface area contributed by atoms with E-state index in [0.717, 1.165) is 157 Å². The first-order chi connectivity index (χ1) is 60.4. The summed E-state index contributed by atoms with van der Waals surface area (Å²) in [5, 5.41) is 25.9. The average molecular weight is 1790 g/mol. The van der Waals surface area contributed by atoms with Gasteiger partial charge in [-0.25, -0.2) is 39.9 Å². The number of carbonyl (C=O) groups is 3. The van der Waals surface area contributed by atoms with Crippen molar-refractivity contribution in [2.45, 2.75) is 140 Å². The Morgan fingerprint density at radius 3 is 1.42 bits per heavy atom. The van der Waals surface area contributed by atoms with Crippen molar-refractivity contribution in [3.05, 3.63) is 226 Å². The Hall–Kier alpha value is -12.3. The van der Waals surface area contributed by atoms with E-state index in [1.165, 1.54) is 25.4 Å². The smallest absolute Gasteiger partial charge is 0.488 e. The van der Waals surface area contributed by atoms with Crippen LogP contribution < -0.4 is 64.0 Å². The van der Waals surface area contributed by atoms with Crippen molar-refractivity contribution < 1.29 is 76.5 Å². The molecule has 0 bridgehead atoms. The summed E-state index contributed by atoms with van der Waals surface area (Å²) >= 11 is 3.53. The summed E-state index contributed by atoms with van der Waals surface area (Å²) in [6.45, 7) is 18.1. The first kappa shape index (κ1) is 87.6. The van der Waals surface area contributed by atoms with Crippen LogP contribution in [0.4, 0.5) is 17.5 Å². The molecule has 3 unspecified atom stereocenters. The van der Waals surface area contributed by atoms with Gasteiger partial charge in [0.25, 0.3) is 0 Å². The summed E-state index contributed by atoms with van der Waals surface area (Å²) in [5.41, 5.74) is 10.0. The molecule has 30 nitrogen and oxygen atoms in total. The topological polar surface area (TPSA) is 358 Å². The molecular weight excluding hydrogens is 1690 g/mol. The molecule has 0 radical (unpaired) electrons. The number of halogens is 1. The molecule has 0 saturated carbocycles. The van der Waals surface area contributed by atoms with Gasteiger partial charge < -0.3 is 92.2 Å². The highest BCUT2D eigenvalue weighted by Gasteiger charge is 2.33. The lowest BCUT2D eigenvalue weighted by Gasteiger charge is -2.26. The van der Waals surface area contributed by atoms with E-state index in [0.29, 0.717) is 129 Å². The number of hydrogen-bond acceptors (Lipinski definition) is 24. The van der Waals surface area contributed by atoms with Crippen LogP contribution in [-0.2, 0) is 75.8 Å². The van der Waals surface area contributed by atoms with Crippen LogP contribution in [0.3, 0.4) is 0 Å². The molecule has 648 valence electrons. The van der Waals surface area contributed by atoms with Crippen molar-refractivity contribution in [1.29, 1.82) is 0 Å². The van der Waals surface area contributed by atoms with Gasteiger partial charge in [-0.3, -0.25) is 14.4 Å². The molecule has 6 aliphatic heterocycles. The molecule has 6 aliphatic rings. The summed E-state index contributed by atoms with van der Waals surface area (Å²) in [6.07, 6.45) is 19.4. The highest BCUT2D eigenvalue weighted by molar-refractivity contribution is 9.10. The van der Waals surface area contributed by atoms with E-state index in [1.807, 2.05) is 128 Å². The number of fused-ring (bicyclic) bond motifs is 6.